The minimum absolute atomic E-state index is 0.0637. The minimum Gasteiger partial charge on any atom is -0.370 e. The Morgan fingerprint density at radius 1 is 0.700 bits per heavy atom. The lowest BCUT2D eigenvalue weighted by Gasteiger charge is -2.46. The number of nitrogens with zero attached hydrogens (tertiary/aromatic N) is 2. The number of hydrogen-bond donors (Lipinski definition) is 8. The molecule has 0 aromatic rings. The zero-order chi connectivity index (χ0) is 31.5. The van der Waals surface area contributed by atoms with E-state index in [1.807, 2.05) is 9.80 Å². The van der Waals surface area contributed by atoms with Crippen molar-refractivity contribution in [1.82, 2.24) is 20.4 Å². The molecule has 0 fully saturated rings. The summed E-state index contributed by atoms with van der Waals surface area (Å²) in [6.45, 7) is 24.2. The topological polar surface area (TPSA) is 178 Å². The summed E-state index contributed by atoms with van der Waals surface area (Å²) in [6.07, 6.45) is 13.6. The molecule has 10 nitrogen and oxygen atoms in total. The van der Waals surface area contributed by atoms with Crippen molar-refractivity contribution in [2.75, 3.05) is 26.2 Å². The Bertz CT molecular complexity index is 940. The Morgan fingerprint density at radius 3 is 1.25 bits per heavy atom. The Labute approximate surface area is 243 Å². The second kappa shape index (κ2) is 14.6. The summed E-state index contributed by atoms with van der Waals surface area (Å²) in [5.41, 5.74) is 11.2. The van der Waals surface area contributed by atoms with Gasteiger partial charge in [0, 0.05) is 39.0 Å². The molecule has 0 aliphatic heterocycles. The van der Waals surface area contributed by atoms with Gasteiger partial charge < -0.3 is 21.3 Å². The van der Waals surface area contributed by atoms with Crippen LogP contribution in [0.15, 0.2) is 12.2 Å². The van der Waals surface area contributed by atoms with E-state index < -0.39 is 0 Å². The number of rotatable bonds is 14. The molecule has 0 saturated heterocycles. The molecule has 0 spiro atoms. The van der Waals surface area contributed by atoms with Gasteiger partial charge in [0.2, 0.25) is 0 Å². The van der Waals surface area contributed by atoms with Crippen molar-refractivity contribution in [1.29, 1.82) is 21.6 Å². The van der Waals surface area contributed by atoms with Crippen LogP contribution in [0.1, 0.15) is 81.1 Å². The third-order valence-corrected chi connectivity index (χ3v) is 6.90. The molecule has 0 bridgehead atoms. The fourth-order valence-corrected chi connectivity index (χ4v) is 6.02. The second-order valence-corrected chi connectivity index (χ2v) is 13.5. The summed E-state index contributed by atoms with van der Waals surface area (Å²) in [5.74, 6) is 4.82. The van der Waals surface area contributed by atoms with Crippen LogP contribution in [0.3, 0.4) is 0 Å². The highest BCUT2D eigenvalue weighted by Gasteiger charge is 2.41. The summed E-state index contributed by atoms with van der Waals surface area (Å²) in [6, 6.07) is 0. The van der Waals surface area contributed by atoms with Gasteiger partial charge >= 0.3 is 0 Å². The zero-order valence-corrected chi connectivity index (χ0v) is 26.1. The molecule has 0 unspecified atom stereocenters. The highest BCUT2D eigenvalue weighted by molar-refractivity contribution is 5.95. The van der Waals surface area contributed by atoms with Gasteiger partial charge in [-0.3, -0.25) is 32.3 Å². The van der Waals surface area contributed by atoms with Gasteiger partial charge in [-0.25, -0.2) is 0 Å². The van der Waals surface area contributed by atoms with Crippen molar-refractivity contribution in [3.8, 4) is 24.7 Å². The van der Waals surface area contributed by atoms with Crippen molar-refractivity contribution in [3.05, 3.63) is 12.2 Å². The van der Waals surface area contributed by atoms with Crippen molar-refractivity contribution in [2.24, 2.45) is 33.1 Å². The summed E-state index contributed by atoms with van der Waals surface area (Å²) in [5, 5.41) is 36.9. The number of allylic oxidation sites excluding steroid dienone is 1. The number of hydrogen-bond acceptors (Lipinski definition) is 4. The van der Waals surface area contributed by atoms with E-state index in [0.717, 1.165) is 18.4 Å². The van der Waals surface area contributed by atoms with Gasteiger partial charge in [-0.05, 0) is 34.5 Å². The summed E-state index contributed by atoms with van der Waals surface area (Å²) >= 11 is 0. The van der Waals surface area contributed by atoms with Crippen LogP contribution in [-0.2, 0) is 0 Å². The third-order valence-electron chi connectivity index (χ3n) is 6.90. The fraction of sp³-hybridized carbons (Fsp3) is 0.667. The first-order valence-electron chi connectivity index (χ1n) is 13.5. The van der Waals surface area contributed by atoms with Crippen LogP contribution in [0.4, 0.5) is 0 Å². The molecule has 0 aromatic carbocycles. The number of nitrogens with two attached hydrogens (primary N) is 2. The molecule has 0 radical (unpaired) electrons. The Kier molecular flexibility index (Phi) is 13.3. The molecule has 0 atom stereocenters. The molecule has 0 aromatic heterocycles. The quantitative estimate of drug-likeness (QED) is 0.0698. The molecule has 0 aliphatic rings. The second-order valence-electron chi connectivity index (χ2n) is 13.5. The first-order valence-corrected chi connectivity index (χ1v) is 13.5. The number of terminal acetylenes is 2. The average molecular weight is 555 g/mol. The molecule has 40 heavy (non-hydrogen) atoms. The van der Waals surface area contributed by atoms with E-state index in [9.17, 15) is 0 Å². The zero-order valence-electron chi connectivity index (χ0n) is 26.1. The highest BCUT2D eigenvalue weighted by Crippen LogP contribution is 2.49. The van der Waals surface area contributed by atoms with Crippen LogP contribution in [0, 0.1) is 68.0 Å². The molecule has 0 saturated carbocycles. The lowest BCUT2D eigenvalue weighted by atomic mass is 9.61. The van der Waals surface area contributed by atoms with Crippen LogP contribution >= 0.6 is 0 Å². The standard InChI is InChI=1S/C30H54N10/c1-12-14-16-39(25(35)37-23(31)32)20-27(4,5)18-29(8,9)22(3)30(10,11)19-28(6,7)21-40(17-15-13-2)26(36)38-24(33)34/h1-2H,3,14-21H2,4-11H3,(H5,31,32,35,37)(H5,33,34,36,38). The molecule has 0 amide bonds. The van der Waals surface area contributed by atoms with Crippen LogP contribution in [0.2, 0.25) is 0 Å². The highest BCUT2D eigenvalue weighted by atomic mass is 15.3. The van der Waals surface area contributed by atoms with Crippen LogP contribution < -0.4 is 22.1 Å². The van der Waals surface area contributed by atoms with Gasteiger partial charge in [0.25, 0.3) is 0 Å². The van der Waals surface area contributed by atoms with Gasteiger partial charge in [0.15, 0.2) is 23.8 Å². The summed E-state index contributed by atoms with van der Waals surface area (Å²) in [4.78, 5) is 3.67. The monoisotopic (exact) mass is 554 g/mol. The van der Waals surface area contributed by atoms with Gasteiger partial charge in [-0.2, -0.15) is 0 Å². The van der Waals surface area contributed by atoms with E-state index in [-0.39, 0.29) is 45.5 Å². The molecule has 0 aliphatic carbocycles. The van der Waals surface area contributed by atoms with Crippen LogP contribution in [0.5, 0.6) is 0 Å². The maximum Gasteiger partial charge on any atom is 0.197 e. The van der Waals surface area contributed by atoms with E-state index in [4.69, 9.17) is 46.0 Å². The minimum atomic E-state index is -0.281. The summed E-state index contributed by atoms with van der Waals surface area (Å²) < 4.78 is 0. The first-order chi connectivity index (χ1) is 18.1. The van der Waals surface area contributed by atoms with Gasteiger partial charge in [0.05, 0.1) is 0 Å². The average Bonchev–Trinajstić information content (AvgIpc) is 2.76. The molecule has 10 N–H and O–H groups in total. The predicted molar refractivity (Wildman–Crippen MR) is 169 cm³/mol. The Hall–Kier alpha value is -3.66. The predicted octanol–water partition coefficient (Wildman–Crippen LogP) is 3.91. The third kappa shape index (κ3) is 12.9. The van der Waals surface area contributed by atoms with E-state index in [1.165, 1.54) is 0 Å². The largest absolute Gasteiger partial charge is 0.370 e. The molecule has 10 heteroatoms. The van der Waals surface area contributed by atoms with E-state index >= 15 is 0 Å². The molecule has 224 valence electrons. The van der Waals surface area contributed by atoms with Crippen molar-refractivity contribution < 1.29 is 0 Å². The maximum absolute atomic E-state index is 8.37. The molecular weight excluding hydrogens is 500 g/mol. The lowest BCUT2D eigenvalue weighted by Crippen LogP contribution is -2.50. The maximum atomic E-state index is 8.37. The fourth-order valence-electron chi connectivity index (χ4n) is 6.02. The van der Waals surface area contributed by atoms with Crippen LogP contribution in [-0.4, -0.2) is 59.8 Å². The number of nitrogens with one attached hydrogen (secondary N) is 6. The normalized spacial score (nSPS) is 11.9. The van der Waals surface area contributed by atoms with E-state index in [0.29, 0.717) is 39.0 Å². The van der Waals surface area contributed by atoms with Crippen molar-refractivity contribution in [3.63, 3.8) is 0 Å². The Morgan fingerprint density at radius 2 is 1.00 bits per heavy atom. The molecule has 0 heterocycles. The van der Waals surface area contributed by atoms with Gasteiger partial charge in [-0.15, -0.1) is 24.7 Å². The van der Waals surface area contributed by atoms with Gasteiger partial charge in [0.1, 0.15) is 0 Å². The SMILES string of the molecule is C#CCCN(CC(C)(C)CC(C)(C)C(=C)C(C)(C)CC(C)(C)CN(CCC#C)C(=N)NC(=N)N)C(=N)NC(=N)N. The van der Waals surface area contributed by atoms with Crippen molar-refractivity contribution in [2.45, 2.75) is 81.1 Å². The lowest BCUT2D eigenvalue weighted by molar-refractivity contribution is 0.131. The van der Waals surface area contributed by atoms with E-state index in [2.05, 4.69) is 84.4 Å². The molecular formula is C30H54N10. The smallest absolute Gasteiger partial charge is 0.197 e. The summed E-state index contributed by atoms with van der Waals surface area (Å²) in [7, 11) is 0. The van der Waals surface area contributed by atoms with Gasteiger partial charge in [-0.1, -0.05) is 67.5 Å². The number of guanidine groups is 4. The Balaban J connectivity index is 5.75. The molecule has 0 rings (SSSR count). The van der Waals surface area contributed by atoms with Crippen LogP contribution in [0.25, 0.3) is 0 Å². The first kappa shape index (κ1) is 36.3. The van der Waals surface area contributed by atoms with E-state index in [1.54, 1.807) is 0 Å². The van der Waals surface area contributed by atoms with Crippen molar-refractivity contribution >= 4 is 23.8 Å².